The van der Waals surface area contributed by atoms with E-state index < -0.39 is 5.91 Å². The van der Waals surface area contributed by atoms with Crippen LogP contribution in [0, 0.1) is 0 Å². The Kier molecular flexibility index (Phi) is 6.29. The average molecular weight is 342 g/mol. The van der Waals surface area contributed by atoms with E-state index in [4.69, 9.17) is 34.8 Å². The largest absolute Gasteiger partial charge is 0.320 e. The Morgan fingerprint density at radius 2 is 1.95 bits per heavy atom. The highest BCUT2D eigenvalue weighted by Crippen LogP contribution is 2.25. The lowest BCUT2D eigenvalue weighted by Gasteiger charge is -2.09. The lowest BCUT2D eigenvalue weighted by Crippen LogP contribution is -2.22. The van der Waals surface area contributed by atoms with Crippen molar-refractivity contribution in [2.75, 3.05) is 26.0 Å². The molecule has 0 aromatic carbocycles. The number of halogens is 3. The van der Waals surface area contributed by atoms with Crippen molar-refractivity contribution in [1.82, 2.24) is 4.90 Å². The van der Waals surface area contributed by atoms with Gasteiger partial charge in [0.25, 0.3) is 5.91 Å². The lowest BCUT2D eigenvalue weighted by atomic mass is 10.2. The molecule has 0 saturated heterocycles. The quantitative estimate of drug-likeness (QED) is 0.660. The van der Waals surface area contributed by atoms with Crippen molar-refractivity contribution in [2.24, 2.45) is 0 Å². The molecule has 19 heavy (non-hydrogen) atoms. The summed E-state index contributed by atoms with van der Waals surface area (Å²) in [6.45, 7) is 0.253. The second-order valence-corrected chi connectivity index (χ2v) is 6.10. The zero-order chi connectivity index (χ0) is 14.6. The summed E-state index contributed by atoms with van der Waals surface area (Å²) in [6, 6.07) is 1.62. The minimum atomic E-state index is -0.654. The number of amides is 1. The fraction of sp³-hybridized carbons (Fsp3) is 0.273. The number of nitrogens with one attached hydrogen (secondary N) is 1. The van der Waals surface area contributed by atoms with Crippen LogP contribution < -0.4 is 5.32 Å². The minimum Gasteiger partial charge on any atom is -0.320 e. The predicted molar refractivity (Wildman–Crippen MR) is 80.4 cm³/mol. The molecule has 0 unspecified atom stereocenters. The Bertz CT molecular complexity index is 522. The molecule has 0 radical (unpaired) electrons. The summed E-state index contributed by atoms with van der Waals surface area (Å²) in [5, 5.41) is 3.89. The Morgan fingerprint density at radius 1 is 1.32 bits per heavy atom. The molecule has 0 bridgehead atoms. The summed E-state index contributed by atoms with van der Waals surface area (Å²) in [5.41, 5.74) is 0.398. The van der Waals surface area contributed by atoms with Crippen molar-refractivity contribution in [3.63, 3.8) is 0 Å². The molecule has 0 aliphatic heterocycles. The van der Waals surface area contributed by atoms with Gasteiger partial charge in [-0.15, -0.1) is 11.3 Å². The molecular weight excluding hydrogens is 331 g/mol. The van der Waals surface area contributed by atoms with Gasteiger partial charge >= 0.3 is 0 Å². The van der Waals surface area contributed by atoms with E-state index in [9.17, 15) is 9.59 Å². The van der Waals surface area contributed by atoms with Crippen molar-refractivity contribution in [2.45, 2.75) is 0 Å². The average Bonchev–Trinajstić information content (AvgIpc) is 2.74. The minimum absolute atomic E-state index is 0.0904. The molecule has 1 N–H and O–H groups in total. The van der Waals surface area contributed by atoms with Gasteiger partial charge < -0.3 is 10.2 Å². The number of likely N-dealkylation sites (N-methyl/N-ethyl adjacent to an activating group) is 1. The predicted octanol–water partition coefficient (Wildman–Crippen LogP) is 3.32. The van der Waals surface area contributed by atoms with Crippen LogP contribution in [0.5, 0.6) is 0 Å². The van der Waals surface area contributed by atoms with Crippen molar-refractivity contribution in [1.29, 1.82) is 0 Å². The molecule has 0 aliphatic rings. The van der Waals surface area contributed by atoms with Gasteiger partial charge in [0.1, 0.15) is 9.52 Å². The number of Topliss-reactive ketones (excluding diaryl/α,β-unsaturated/α-hetero) is 1. The van der Waals surface area contributed by atoms with Gasteiger partial charge in [0.2, 0.25) is 0 Å². The third kappa shape index (κ3) is 4.78. The Labute approximate surface area is 129 Å². The maximum atomic E-state index is 11.9. The van der Waals surface area contributed by atoms with Gasteiger partial charge in [-0.25, -0.2) is 0 Å². The van der Waals surface area contributed by atoms with E-state index in [2.05, 4.69) is 5.32 Å². The van der Waals surface area contributed by atoms with E-state index in [0.29, 0.717) is 10.6 Å². The van der Waals surface area contributed by atoms with E-state index in [1.165, 1.54) is 11.3 Å². The molecule has 1 amide bonds. The molecule has 0 spiro atoms. The fourth-order valence-electron chi connectivity index (χ4n) is 1.25. The normalized spacial score (nSPS) is 10.4. The highest BCUT2D eigenvalue weighted by molar-refractivity contribution is 7.12. The summed E-state index contributed by atoms with van der Waals surface area (Å²) < 4.78 is -0.324. The number of rotatable bonds is 5. The van der Waals surface area contributed by atoms with Gasteiger partial charge in [0.15, 0.2) is 5.78 Å². The summed E-state index contributed by atoms with van der Waals surface area (Å²) in [7, 11) is 3.58. The first-order valence-electron chi connectivity index (χ1n) is 5.10. The van der Waals surface area contributed by atoms with Crippen molar-refractivity contribution in [3.8, 4) is 0 Å². The maximum Gasteiger partial charge on any atom is 0.269 e. The summed E-state index contributed by atoms with van der Waals surface area (Å²) in [6.07, 6.45) is 0. The van der Waals surface area contributed by atoms with E-state index in [0.717, 1.165) is 0 Å². The third-order valence-electron chi connectivity index (χ3n) is 1.99. The monoisotopic (exact) mass is 340 g/mol. The molecule has 4 nitrogen and oxygen atoms in total. The van der Waals surface area contributed by atoms with Crippen molar-refractivity contribution in [3.05, 3.63) is 25.8 Å². The number of carbonyl (C=O) groups is 2. The van der Waals surface area contributed by atoms with Gasteiger partial charge in [-0.2, -0.15) is 0 Å². The smallest absolute Gasteiger partial charge is 0.269 e. The first-order chi connectivity index (χ1) is 8.82. The van der Waals surface area contributed by atoms with Crippen molar-refractivity contribution >= 4 is 63.5 Å². The van der Waals surface area contributed by atoms with Crippen molar-refractivity contribution < 1.29 is 9.59 Å². The van der Waals surface area contributed by atoms with Gasteiger partial charge in [-0.05, 0) is 25.5 Å². The van der Waals surface area contributed by atoms with Crippen LogP contribution in [0.15, 0.2) is 21.0 Å². The topological polar surface area (TPSA) is 49.4 Å². The highest BCUT2D eigenvalue weighted by Gasteiger charge is 2.18. The summed E-state index contributed by atoms with van der Waals surface area (Å²) in [5.74, 6) is -0.744. The molecule has 104 valence electrons. The Balaban J connectivity index is 2.87. The summed E-state index contributed by atoms with van der Waals surface area (Å²) in [4.78, 5) is 25.8. The zero-order valence-corrected chi connectivity index (χ0v) is 13.3. The van der Waals surface area contributed by atoms with Crippen LogP contribution in [-0.2, 0) is 4.79 Å². The third-order valence-corrected chi connectivity index (χ3v) is 3.88. The zero-order valence-electron chi connectivity index (χ0n) is 10.2. The SMILES string of the molecule is CN(C)CC(=O)c1sccc1NC(=O)C(Cl)=C(Cl)Cl. The Hall–Kier alpha value is -0.590. The second kappa shape index (κ2) is 7.26. The lowest BCUT2D eigenvalue weighted by molar-refractivity contribution is -0.112. The molecule has 1 aromatic rings. The molecule has 0 saturated carbocycles. The maximum absolute atomic E-state index is 11.9. The Morgan fingerprint density at radius 3 is 2.47 bits per heavy atom. The molecule has 1 aromatic heterocycles. The van der Waals surface area contributed by atoms with Gasteiger partial charge in [0.05, 0.1) is 17.1 Å². The molecule has 1 heterocycles. The molecule has 1 rings (SSSR count). The van der Waals surface area contributed by atoms with E-state index in [-0.39, 0.29) is 21.9 Å². The second-order valence-electron chi connectivity index (χ2n) is 3.85. The van der Waals surface area contributed by atoms with E-state index >= 15 is 0 Å². The van der Waals surface area contributed by atoms with Crippen LogP contribution in [0.2, 0.25) is 0 Å². The number of ketones is 1. The highest BCUT2D eigenvalue weighted by atomic mass is 35.5. The van der Waals surface area contributed by atoms with Crippen LogP contribution in [0.4, 0.5) is 5.69 Å². The number of hydrogen-bond acceptors (Lipinski definition) is 4. The first-order valence-corrected chi connectivity index (χ1v) is 7.11. The van der Waals surface area contributed by atoms with E-state index in [1.54, 1.807) is 30.4 Å². The number of anilines is 1. The summed E-state index contributed by atoms with van der Waals surface area (Å²) >= 11 is 17.7. The van der Waals surface area contributed by atoms with Gasteiger partial charge in [-0.1, -0.05) is 34.8 Å². The van der Waals surface area contributed by atoms with Crippen LogP contribution in [-0.4, -0.2) is 37.2 Å². The molecule has 8 heteroatoms. The van der Waals surface area contributed by atoms with Gasteiger partial charge in [-0.3, -0.25) is 9.59 Å². The molecule has 0 atom stereocenters. The number of carbonyl (C=O) groups excluding carboxylic acids is 2. The number of thiophene rings is 1. The first kappa shape index (κ1) is 16.5. The van der Waals surface area contributed by atoms with Crippen LogP contribution in [0.25, 0.3) is 0 Å². The van der Waals surface area contributed by atoms with Crippen LogP contribution >= 0.6 is 46.1 Å². The standard InChI is InChI=1S/C11H11Cl3N2O2S/c1-16(2)5-7(17)9-6(3-4-19-9)15-11(18)8(12)10(13)14/h3-4H,5H2,1-2H3,(H,15,18). The molecule has 0 aliphatic carbocycles. The molecule has 0 fully saturated rings. The fourth-order valence-corrected chi connectivity index (χ4v) is 2.25. The van der Waals surface area contributed by atoms with E-state index in [1.807, 2.05) is 0 Å². The van der Waals surface area contributed by atoms with Crippen LogP contribution in [0.1, 0.15) is 9.67 Å². The van der Waals surface area contributed by atoms with Crippen LogP contribution in [0.3, 0.4) is 0 Å². The number of hydrogen-bond donors (Lipinski definition) is 1. The number of nitrogens with zero attached hydrogens (tertiary/aromatic N) is 1. The van der Waals surface area contributed by atoms with Gasteiger partial charge in [0, 0.05) is 0 Å². The molecular formula is C11H11Cl3N2O2S.